The number of rotatable bonds is 6. The predicted molar refractivity (Wildman–Crippen MR) is 103 cm³/mol. The Balaban J connectivity index is 2.19. The Morgan fingerprint density at radius 1 is 1.07 bits per heavy atom. The van der Waals surface area contributed by atoms with Gasteiger partial charge in [0.1, 0.15) is 17.4 Å². The minimum Gasteiger partial charge on any atom is -0.496 e. The van der Waals surface area contributed by atoms with Gasteiger partial charge in [0.2, 0.25) is 0 Å². The van der Waals surface area contributed by atoms with E-state index in [1.54, 1.807) is 18.2 Å². The monoisotopic (exact) mass is 410 g/mol. The second-order valence-electron chi connectivity index (χ2n) is 6.89. The molecule has 0 aliphatic carbocycles. The number of aromatic carboxylic acids is 1. The smallest absolute Gasteiger partial charge is 0.338 e. The molecule has 0 bridgehead atoms. The summed E-state index contributed by atoms with van der Waals surface area (Å²) in [5.74, 6) is -3.49. The van der Waals surface area contributed by atoms with Crippen molar-refractivity contribution in [2.75, 3.05) is 11.8 Å². The quantitative estimate of drug-likeness (QED) is 0.615. The molecule has 0 aliphatic heterocycles. The third-order valence-corrected chi connectivity index (χ3v) is 4.28. The topological polar surface area (TPSA) is 87.7 Å². The number of carbonyl (C=O) groups excluding carboxylic acids is 1. The number of carboxylic acid groups (broad SMARTS) is 1. The highest BCUT2D eigenvalue weighted by Gasteiger charge is 2.19. The number of carbonyl (C=O) groups is 2. The van der Waals surface area contributed by atoms with E-state index in [9.17, 15) is 18.4 Å². The lowest BCUT2D eigenvalue weighted by Gasteiger charge is -2.21. The van der Waals surface area contributed by atoms with Crippen molar-refractivity contribution in [2.24, 2.45) is 0 Å². The molecule has 150 valence electrons. The number of nitrogens with one attached hydrogen (secondary N) is 2. The minimum atomic E-state index is -1.55. The van der Waals surface area contributed by atoms with Crippen molar-refractivity contribution in [1.29, 1.82) is 0 Å². The van der Waals surface area contributed by atoms with Crippen molar-refractivity contribution in [3.63, 3.8) is 0 Å². The Labute approximate surface area is 165 Å². The predicted octanol–water partition coefficient (Wildman–Crippen LogP) is 4.32. The first-order valence-corrected chi connectivity index (χ1v) is 8.99. The minimum absolute atomic E-state index is 0.207. The first-order valence-electron chi connectivity index (χ1n) is 8.17. The summed E-state index contributed by atoms with van der Waals surface area (Å²) in [5, 5.41) is 11.6. The maximum absolute atomic E-state index is 14.0. The lowest BCUT2D eigenvalue weighted by Crippen LogP contribution is -2.40. The summed E-state index contributed by atoms with van der Waals surface area (Å²) in [7, 11) is 1.42. The SMILES string of the molecule is COc1cc(SNc2cc(F)c(C(=O)O)cc2F)ccc1C(=O)NC(C)(C)C. The number of amides is 1. The second kappa shape index (κ2) is 8.47. The molecule has 3 N–H and O–H groups in total. The zero-order valence-electron chi connectivity index (χ0n) is 15.7. The number of methoxy groups -OCH3 is 1. The molecule has 0 spiro atoms. The molecule has 2 aromatic rings. The van der Waals surface area contributed by atoms with Gasteiger partial charge in [0.25, 0.3) is 5.91 Å². The fourth-order valence-electron chi connectivity index (χ4n) is 2.23. The van der Waals surface area contributed by atoms with Crippen molar-refractivity contribution in [3.05, 3.63) is 53.1 Å². The van der Waals surface area contributed by atoms with Crippen molar-refractivity contribution in [3.8, 4) is 5.75 Å². The number of benzene rings is 2. The summed E-state index contributed by atoms with van der Waals surface area (Å²) in [6.07, 6.45) is 0. The fraction of sp³-hybridized carbons (Fsp3) is 0.263. The Hall–Kier alpha value is -2.81. The van der Waals surface area contributed by atoms with Crippen LogP contribution in [0, 0.1) is 11.6 Å². The zero-order chi connectivity index (χ0) is 21.1. The average molecular weight is 410 g/mol. The normalized spacial score (nSPS) is 11.1. The van der Waals surface area contributed by atoms with Gasteiger partial charge in [0, 0.05) is 16.5 Å². The highest BCUT2D eigenvalue weighted by molar-refractivity contribution is 8.00. The molecule has 0 aromatic heterocycles. The van der Waals surface area contributed by atoms with Gasteiger partial charge in [-0.05, 0) is 57.0 Å². The van der Waals surface area contributed by atoms with E-state index in [2.05, 4.69) is 10.0 Å². The molecule has 0 fully saturated rings. The van der Waals surface area contributed by atoms with Gasteiger partial charge in [-0.2, -0.15) is 0 Å². The van der Waals surface area contributed by atoms with Crippen LogP contribution in [0.5, 0.6) is 5.75 Å². The van der Waals surface area contributed by atoms with E-state index < -0.39 is 28.7 Å². The van der Waals surface area contributed by atoms with Gasteiger partial charge in [-0.1, -0.05) is 0 Å². The van der Waals surface area contributed by atoms with Crippen LogP contribution < -0.4 is 14.8 Å². The van der Waals surface area contributed by atoms with E-state index >= 15 is 0 Å². The van der Waals surface area contributed by atoms with Crippen molar-refractivity contribution >= 4 is 29.5 Å². The van der Waals surface area contributed by atoms with Crippen LogP contribution in [0.15, 0.2) is 35.2 Å². The second-order valence-corrected chi connectivity index (χ2v) is 7.77. The summed E-state index contributed by atoms with van der Waals surface area (Å²) in [4.78, 5) is 23.8. The lowest BCUT2D eigenvalue weighted by atomic mass is 10.1. The van der Waals surface area contributed by atoms with Gasteiger partial charge in [0.05, 0.1) is 23.9 Å². The Bertz CT molecular complexity index is 914. The molecular formula is C19H20F2N2O4S. The molecule has 2 aromatic carbocycles. The van der Waals surface area contributed by atoms with Gasteiger partial charge in [-0.25, -0.2) is 13.6 Å². The molecular weight excluding hydrogens is 390 g/mol. The summed E-state index contributed by atoms with van der Waals surface area (Å²) in [6.45, 7) is 5.57. The first kappa shape index (κ1) is 21.5. The van der Waals surface area contributed by atoms with Crippen LogP contribution in [-0.2, 0) is 0 Å². The number of carboxylic acids is 1. The van der Waals surface area contributed by atoms with Gasteiger partial charge >= 0.3 is 5.97 Å². The van der Waals surface area contributed by atoms with E-state index in [4.69, 9.17) is 9.84 Å². The number of halogens is 2. The van der Waals surface area contributed by atoms with Crippen molar-refractivity contribution in [1.82, 2.24) is 5.32 Å². The largest absolute Gasteiger partial charge is 0.496 e. The molecule has 0 heterocycles. The zero-order valence-corrected chi connectivity index (χ0v) is 16.5. The first-order chi connectivity index (χ1) is 13.0. The molecule has 1 amide bonds. The third kappa shape index (κ3) is 5.35. The Morgan fingerprint density at radius 3 is 2.32 bits per heavy atom. The Kier molecular flexibility index (Phi) is 6.50. The number of ether oxygens (including phenoxy) is 1. The van der Waals surface area contributed by atoms with Crippen molar-refractivity contribution < 1.29 is 28.2 Å². The molecule has 0 saturated carbocycles. The van der Waals surface area contributed by atoms with Crippen LogP contribution in [0.2, 0.25) is 0 Å². The maximum Gasteiger partial charge on any atom is 0.338 e. The average Bonchev–Trinajstić information content (AvgIpc) is 2.60. The van der Waals surface area contributed by atoms with Crippen LogP contribution in [0.4, 0.5) is 14.5 Å². The van der Waals surface area contributed by atoms with E-state index in [1.165, 1.54) is 7.11 Å². The highest BCUT2D eigenvalue weighted by atomic mass is 32.2. The maximum atomic E-state index is 14.0. The van der Waals surface area contributed by atoms with Crippen molar-refractivity contribution in [2.45, 2.75) is 31.2 Å². The van der Waals surface area contributed by atoms with E-state index in [1.807, 2.05) is 20.8 Å². The van der Waals surface area contributed by atoms with E-state index in [0.29, 0.717) is 22.3 Å². The number of anilines is 1. The van der Waals surface area contributed by atoms with Crippen LogP contribution in [-0.4, -0.2) is 29.6 Å². The standard InChI is InChI=1S/C19H20F2N2O4S/c1-19(2,3)22-17(24)11-6-5-10(7-16(11)27-4)28-23-15-9-13(20)12(18(25)26)8-14(15)21/h5-9,23H,1-4H3,(H,22,24)(H,25,26). The lowest BCUT2D eigenvalue weighted by molar-refractivity contribution is 0.0691. The van der Waals surface area contributed by atoms with E-state index in [-0.39, 0.29) is 11.6 Å². The number of hydrogen-bond donors (Lipinski definition) is 3. The molecule has 6 nitrogen and oxygen atoms in total. The fourth-order valence-corrected chi connectivity index (χ4v) is 2.92. The molecule has 9 heteroatoms. The molecule has 0 radical (unpaired) electrons. The highest BCUT2D eigenvalue weighted by Crippen LogP contribution is 2.30. The van der Waals surface area contributed by atoms with E-state index in [0.717, 1.165) is 18.0 Å². The van der Waals surface area contributed by atoms with Crippen LogP contribution in [0.25, 0.3) is 0 Å². The molecule has 28 heavy (non-hydrogen) atoms. The summed E-state index contributed by atoms with van der Waals surface area (Å²) in [5.41, 5.74) is -1.03. The Morgan fingerprint density at radius 2 is 1.75 bits per heavy atom. The summed E-state index contributed by atoms with van der Waals surface area (Å²) < 4.78 is 35.6. The molecule has 0 atom stereocenters. The molecule has 0 unspecified atom stereocenters. The summed E-state index contributed by atoms with van der Waals surface area (Å²) in [6, 6.07) is 6.15. The number of hydrogen-bond acceptors (Lipinski definition) is 5. The van der Waals surface area contributed by atoms with Gasteiger partial charge in [-0.3, -0.25) is 4.79 Å². The van der Waals surface area contributed by atoms with Crippen LogP contribution in [0.3, 0.4) is 0 Å². The summed E-state index contributed by atoms with van der Waals surface area (Å²) >= 11 is 0.958. The molecule has 2 rings (SSSR count). The van der Waals surface area contributed by atoms with Gasteiger partial charge < -0.3 is 19.9 Å². The molecule has 0 saturated heterocycles. The third-order valence-electron chi connectivity index (χ3n) is 3.47. The molecule has 0 aliphatic rings. The van der Waals surface area contributed by atoms with Gasteiger partial charge in [0.15, 0.2) is 0 Å². The van der Waals surface area contributed by atoms with Crippen LogP contribution >= 0.6 is 11.9 Å². The van der Waals surface area contributed by atoms with Crippen LogP contribution in [0.1, 0.15) is 41.5 Å². The van der Waals surface area contributed by atoms with Gasteiger partial charge in [-0.15, -0.1) is 0 Å².